The highest BCUT2D eigenvalue weighted by Crippen LogP contribution is 2.23. The lowest BCUT2D eigenvalue weighted by atomic mass is 9.97. The van der Waals surface area contributed by atoms with E-state index in [1.807, 2.05) is 19.2 Å². The topological polar surface area (TPSA) is 75.4 Å². The number of nitrogens with one attached hydrogen (secondary N) is 1. The highest BCUT2D eigenvalue weighted by Gasteiger charge is 2.19. The Hall–Kier alpha value is -1.11. The van der Waals surface area contributed by atoms with Crippen LogP contribution in [0.5, 0.6) is 0 Å². The van der Waals surface area contributed by atoms with Crippen molar-refractivity contribution in [3.8, 4) is 0 Å². The molecule has 1 atom stereocenters. The van der Waals surface area contributed by atoms with Crippen molar-refractivity contribution in [2.24, 2.45) is 11.1 Å². The van der Waals surface area contributed by atoms with Crippen molar-refractivity contribution in [3.05, 3.63) is 24.3 Å². The summed E-state index contributed by atoms with van der Waals surface area (Å²) in [5.41, 5.74) is 1.06. The zero-order chi connectivity index (χ0) is 13.9. The maximum atomic E-state index is 11.2. The summed E-state index contributed by atoms with van der Waals surface area (Å²) in [6, 6.07) is 6.82. The van der Waals surface area contributed by atoms with E-state index in [0.29, 0.717) is 5.92 Å². The van der Waals surface area contributed by atoms with E-state index in [2.05, 4.69) is 10.2 Å². The number of hydrogen-bond acceptors (Lipinski definition) is 4. The quantitative estimate of drug-likeness (QED) is 0.856. The van der Waals surface area contributed by atoms with E-state index in [9.17, 15) is 8.42 Å². The molecule has 0 spiro atoms. The maximum Gasteiger partial charge on any atom is 0.238 e. The molecule has 106 valence electrons. The molecule has 1 saturated heterocycles. The van der Waals surface area contributed by atoms with E-state index >= 15 is 0 Å². The molecule has 19 heavy (non-hydrogen) atoms. The number of sulfonamides is 1. The maximum absolute atomic E-state index is 11.2. The van der Waals surface area contributed by atoms with Crippen LogP contribution in [0.1, 0.15) is 12.8 Å². The molecule has 1 fully saturated rings. The fourth-order valence-corrected chi connectivity index (χ4v) is 3.12. The molecule has 0 radical (unpaired) electrons. The van der Waals surface area contributed by atoms with Crippen molar-refractivity contribution in [2.45, 2.75) is 17.7 Å². The normalized spacial score (nSPS) is 20.5. The number of hydrogen-bond donors (Lipinski definition) is 2. The van der Waals surface area contributed by atoms with Crippen molar-refractivity contribution < 1.29 is 8.42 Å². The predicted molar refractivity (Wildman–Crippen MR) is 76.7 cm³/mol. The van der Waals surface area contributed by atoms with E-state index < -0.39 is 10.0 Å². The van der Waals surface area contributed by atoms with Gasteiger partial charge in [-0.05, 0) is 56.6 Å². The summed E-state index contributed by atoms with van der Waals surface area (Å²) in [6.45, 7) is 3.05. The molecule has 1 heterocycles. The first-order chi connectivity index (χ1) is 9.00. The van der Waals surface area contributed by atoms with Crippen LogP contribution in [0.2, 0.25) is 0 Å². The summed E-state index contributed by atoms with van der Waals surface area (Å²) in [5, 5.41) is 8.31. The first-order valence-electron chi connectivity index (χ1n) is 6.53. The molecule has 0 bridgehead atoms. The van der Waals surface area contributed by atoms with Crippen LogP contribution < -0.4 is 15.4 Å². The molecule has 1 aromatic carbocycles. The molecule has 0 amide bonds. The fraction of sp³-hybridized carbons (Fsp3) is 0.538. The summed E-state index contributed by atoms with van der Waals surface area (Å²) < 4.78 is 22.4. The van der Waals surface area contributed by atoms with Gasteiger partial charge >= 0.3 is 0 Å². The van der Waals surface area contributed by atoms with Crippen molar-refractivity contribution in [2.75, 3.05) is 31.6 Å². The second-order valence-electron chi connectivity index (χ2n) is 5.05. The minimum atomic E-state index is -3.60. The van der Waals surface area contributed by atoms with E-state index in [1.54, 1.807) is 12.1 Å². The van der Waals surface area contributed by atoms with Crippen LogP contribution in [0.4, 0.5) is 5.69 Å². The number of nitrogens with two attached hydrogens (primary N) is 1. The third-order valence-corrected chi connectivity index (χ3v) is 4.47. The molecule has 5 nitrogen and oxygen atoms in total. The highest BCUT2D eigenvalue weighted by atomic mass is 32.2. The van der Waals surface area contributed by atoms with Crippen molar-refractivity contribution >= 4 is 15.7 Å². The molecule has 0 saturated carbocycles. The second-order valence-corrected chi connectivity index (χ2v) is 6.61. The Morgan fingerprint density at radius 2 is 2.05 bits per heavy atom. The van der Waals surface area contributed by atoms with Gasteiger partial charge in [-0.15, -0.1) is 0 Å². The number of nitrogens with zero attached hydrogens (tertiary/aromatic N) is 1. The number of anilines is 1. The van der Waals surface area contributed by atoms with Crippen LogP contribution in [-0.2, 0) is 10.0 Å². The lowest BCUT2D eigenvalue weighted by Gasteiger charge is -2.34. The standard InChI is InChI=1S/C13H21N3O2S/c1-15-9-11-3-2-8-16(10-11)12-4-6-13(7-5-12)19(14,17)18/h4-7,11,15H,2-3,8-10H2,1H3,(H2,14,17,18). The van der Waals surface area contributed by atoms with Crippen LogP contribution >= 0.6 is 0 Å². The Balaban J connectivity index is 2.09. The van der Waals surface area contributed by atoms with E-state index in [-0.39, 0.29) is 4.90 Å². The lowest BCUT2D eigenvalue weighted by Crippen LogP contribution is -2.39. The summed E-state index contributed by atoms with van der Waals surface area (Å²) >= 11 is 0. The number of piperidine rings is 1. The van der Waals surface area contributed by atoms with Gasteiger partial charge in [0, 0.05) is 18.8 Å². The van der Waals surface area contributed by atoms with Crippen molar-refractivity contribution in [1.29, 1.82) is 0 Å². The Kier molecular flexibility index (Phi) is 4.44. The zero-order valence-corrected chi connectivity index (χ0v) is 12.0. The second kappa shape index (κ2) is 5.90. The van der Waals surface area contributed by atoms with Gasteiger partial charge in [0.05, 0.1) is 4.90 Å². The Morgan fingerprint density at radius 3 is 2.63 bits per heavy atom. The molecule has 2 rings (SSSR count). The van der Waals surface area contributed by atoms with Gasteiger partial charge in [0.1, 0.15) is 0 Å². The van der Waals surface area contributed by atoms with Gasteiger partial charge in [0.15, 0.2) is 0 Å². The van der Waals surface area contributed by atoms with E-state index in [0.717, 1.165) is 25.3 Å². The van der Waals surface area contributed by atoms with Crippen LogP contribution in [0.3, 0.4) is 0 Å². The molecule has 1 unspecified atom stereocenters. The Labute approximate surface area is 114 Å². The van der Waals surface area contributed by atoms with Gasteiger partial charge in [-0.25, -0.2) is 13.6 Å². The van der Waals surface area contributed by atoms with Gasteiger partial charge in [0.2, 0.25) is 10.0 Å². The average molecular weight is 283 g/mol. The first kappa shape index (κ1) is 14.3. The number of rotatable bonds is 4. The van der Waals surface area contributed by atoms with Crippen LogP contribution in [0, 0.1) is 5.92 Å². The zero-order valence-electron chi connectivity index (χ0n) is 11.2. The lowest BCUT2D eigenvalue weighted by molar-refractivity contribution is 0.403. The molecule has 6 heteroatoms. The Morgan fingerprint density at radius 1 is 1.37 bits per heavy atom. The van der Waals surface area contributed by atoms with E-state index in [1.165, 1.54) is 12.8 Å². The van der Waals surface area contributed by atoms with Gasteiger partial charge in [-0.3, -0.25) is 0 Å². The van der Waals surface area contributed by atoms with Gasteiger partial charge in [-0.2, -0.15) is 0 Å². The van der Waals surface area contributed by atoms with E-state index in [4.69, 9.17) is 5.14 Å². The Bertz CT molecular complexity index is 511. The largest absolute Gasteiger partial charge is 0.371 e. The number of benzene rings is 1. The van der Waals surface area contributed by atoms with Crippen LogP contribution in [0.25, 0.3) is 0 Å². The highest BCUT2D eigenvalue weighted by molar-refractivity contribution is 7.89. The third-order valence-electron chi connectivity index (χ3n) is 3.54. The summed E-state index contributed by atoms with van der Waals surface area (Å²) in [6.07, 6.45) is 2.41. The van der Waals surface area contributed by atoms with Crippen LogP contribution in [0.15, 0.2) is 29.2 Å². The van der Waals surface area contributed by atoms with Crippen molar-refractivity contribution in [1.82, 2.24) is 5.32 Å². The monoisotopic (exact) mass is 283 g/mol. The SMILES string of the molecule is CNCC1CCCN(c2ccc(S(N)(=O)=O)cc2)C1. The fourth-order valence-electron chi connectivity index (χ4n) is 2.60. The molecule has 1 aliphatic heterocycles. The number of primary sulfonamides is 1. The molecule has 0 aromatic heterocycles. The first-order valence-corrected chi connectivity index (χ1v) is 8.08. The summed E-state index contributed by atoms with van der Waals surface area (Å²) in [7, 11) is -1.63. The minimum absolute atomic E-state index is 0.167. The van der Waals surface area contributed by atoms with Gasteiger partial charge < -0.3 is 10.2 Å². The molecule has 1 aliphatic rings. The van der Waals surface area contributed by atoms with Crippen molar-refractivity contribution in [3.63, 3.8) is 0 Å². The molecule has 0 aliphatic carbocycles. The third kappa shape index (κ3) is 3.68. The molecular formula is C13H21N3O2S. The minimum Gasteiger partial charge on any atom is -0.371 e. The predicted octanol–water partition coefficient (Wildman–Crippen LogP) is 0.770. The summed E-state index contributed by atoms with van der Waals surface area (Å²) in [4.78, 5) is 2.47. The van der Waals surface area contributed by atoms with Gasteiger partial charge in [-0.1, -0.05) is 0 Å². The van der Waals surface area contributed by atoms with Crippen LogP contribution in [-0.4, -0.2) is 35.1 Å². The smallest absolute Gasteiger partial charge is 0.238 e. The summed E-state index contributed by atoms with van der Waals surface area (Å²) in [5.74, 6) is 0.650. The average Bonchev–Trinajstić information content (AvgIpc) is 2.39. The molecular weight excluding hydrogens is 262 g/mol. The molecule has 3 N–H and O–H groups in total. The molecule has 1 aromatic rings. The van der Waals surface area contributed by atoms with Gasteiger partial charge in [0.25, 0.3) is 0 Å².